The Morgan fingerprint density at radius 3 is 2.56 bits per heavy atom. The van der Waals surface area contributed by atoms with Crippen LogP contribution in [0.15, 0.2) is 58.7 Å². The SMILES string of the molecule is Cc1ccc(OCC(=O)Nc2cc(C)ccc2OCc2cc(=O)n3c(C)csc3n2)cc1. The average Bonchev–Trinajstić information content (AvgIpc) is 3.14. The van der Waals surface area contributed by atoms with E-state index in [1.54, 1.807) is 10.5 Å². The van der Waals surface area contributed by atoms with E-state index in [4.69, 9.17) is 9.47 Å². The minimum atomic E-state index is -0.298. The van der Waals surface area contributed by atoms with Crippen molar-refractivity contribution < 1.29 is 14.3 Å². The molecular weight excluding hydrogens is 426 g/mol. The van der Waals surface area contributed by atoms with Gasteiger partial charge in [-0.3, -0.25) is 14.0 Å². The standard InChI is InChI=1S/C24H23N3O4S/c1-15-4-7-19(8-5-15)30-13-22(28)26-20-10-16(2)6-9-21(20)31-12-18-11-23(29)27-17(3)14-32-24(27)25-18/h4-11,14H,12-13H2,1-3H3,(H,26,28). The summed E-state index contributed by atoms with van der Waals surface area (Å²) in [7, 11) is 0. The highest BCUT2D eigenvalue weighted by molar-refractivity contribution is 7.15. The number of anilines is 1. The van der Waals surface area contributed by atoms with Crippen molar-refractivity contribution in [2.45, 2.75) is 27.4 Å². The van der Waals surface area contributed by atoms with E-state index < -0.39 is 0 Å². The van der Waals surface area contributed by atoms with Crippen LogP contribution in [0.3, 0.4) is 0 Å². The van der Waals surface area contributed by atoms with E-state index in [0.29, 0.717) is 27.8 Å². The van der Waals surface area contributed by atoms with Crippen molar-refractivity contribution in [2.24, 2.45) is 0 Å². The highest BCUT2D eigenvalue weighted by Crippen LogP contribution is 2.26. The number of hydrogen-bond donors (Lipinski definition) is 1. The lowest BCUT2D eigenvalue weighted by molar-refractivity contribution is -0.118. The molecule has 4 rings (SSSR count). The molecule has 32 heavy (non-hydrogen) atoms. The zero-order valence-corrected chi connectivity index (χ0v) is 18.9. The van der Waals surface area contributed by atoms with Crippen molar-refractivity contribution in [1.82, 2.24) is 9.38 Å². The van der Waals surface area contributed by atoms with Crippen molar-refractivity contribution in [3.8, 4) is 11.5 Å². The lowest BCUT2D eigenvalue weighted by atomic mass is 10.2. The van der Waals surface area contributed by atoms with Crippen LogP contribution < -0.4 is 20.3 Å². The Hall–Kier alpha value is -3.65. The first-order valence-corrected chi connectivity index (χ1v) is 11.0. The van der Waals surface area contributed by atoms with Gasteiger partial charge in [0.2, 0.25) is 0 Å². The number of ether oxygens (including phenoxy) is 2. The van der Waals surface area contributed by atoms with Gasteiger partial charge in [0.25, 0.3) is 11.5 Å². The molecule has 0 unspecified atom stereocenters. The maximum absolute atomic E-state index is 12.4. The smallest absolute Gasteiger partial charge is 0.262 e. The van der Waals surface area contributed by atoms with Gasteiger partial charge in [0.15, 0.2) is 11.6 Å². The molecule has 0 saturated carbocycles. The van der Waals surface area contributed by atoms with Crippen LogP contribution in [-0.4, -0.2) is 21.9 Å². The van der Waals surface area contributed by atoms with E-state index in [1.807, 2.05) is 62.5 Å². The number of carbonyl (C=O) groups excluding carboxylic acids is 1. The van der Waals surface area contributed by atoms with E-state index >= 15 is 0 Å². The van der Waals surface area contributed by atoms with Crippen molar-refractivity contribution >= 4 is 27.9 Å². The third kappa shape index (κ3) is 4.97. The van der Waals surface area contributed by atoms with Gasteiger partial charge < -0.3 is 14.8 Å². The Kier molecular flexibility index (Phi) is 6.23. The van der Waals surface area contributed by atoms with E-state index in [1.165, 1.54) is 17.4 Å². The molecule has 0 aliphatic carbocycles. The second-order valence-corrected chi connectivity index (χ2v) is 8.36. The second-order valence-electron chi connectivity index (χ2n) is 7.52. The van der Waals surface area contributed by atoms with Gasteiger partial charge in [0.05, 0.1) is 11.4 Å². The fourth-order valence-electron chi connectivity index (χ4n) is 3.16. The molecule has 7 nitrogen and oxygen atoms in total. The van der Waals surface area contributed by atoms with Crippen molar-refractivity contribution in [3.05, 3.63) is 86.8 Å². The first kappa shape index (κ1) is 21.6. The summed E-state index contributed by atoms with van der Waals surface area (Å²) < 4.78 is 13.0. The molecule has 2 aromatic carbocycles. The summed E-state index contributed by atoms with van der Waals surface area (Å²) in [5.41, 5.74) is 3.86. The third-order valence-corrected chi connectivity index (χ3v) is 5.75. The summed E-state index contributed by atoms with van der Waals surface area (Å²) >= 11 is 1.41. The molecule has 0 bridgehead atoms. The largest absolute Gasteiger partial charge is 0.485 e. The van der Waals surface area contributed by atoms with Crippen LogP contribution in [0.5, 0.6) is 11.5 Å². The second kappa shape index (κ2) is 9.23. The molecule has 0 fully saturated rings. The van der Waals surface area contributed by atoms with E-state index in [9.17, 15) is 9.59 Å². The van der Waals surface area contributed by atoms with Gasteiger partial charge in [-0.25, -0.2) is 4.98 Å². The molecular formula is C24H23N3O4S. The molecule has 2 aromatic heterocycles. The number of aryl methyl sites for hydroxylation is 3. The molecule has 0 saturated heterocycles. The third-order valence-electron chi connectivity index (χ3n) is 4.80. The average molecular weight is 450 g/mol. The molecule has 1 N–H and O–H groups in total. The topological polar surface area (TPSA) is 81.9 Å². The van der Waals surface area contributed by atoms with Crippen LogP contribution in [0, 0.1) is 20.8 Å². The van der Waals surface area contributed by atoms with E-state index in [-0.39, 0.29) is 24.7 Å². The molecule has 0 spiro atoms. The fourth-order valence-corrected chi connectivity index (χ4v) is 4.05. The number of carbonyl (C=O) groups is 1. The van der Waals surface area contributed by atoms with E-state index in [2.05, 4.69) is 10.3 Å². The van der Waals surface area contributed by atoms with Gasteiger partial charge in [-0.15, -0.1) is 11.3 Å². The molecule has 0 aliphatic rings. The Bertz CT molecular complexity index is 1330. The minimum absolute atomic E-state index is 0.106. The number of amides is 1. The van der Waals surface area contributed by atoms with Crippen LogP contribution >= 0.6 is 11.3 Å². The molecule has 4 aromatic rings. The van der Waals surface area contributed by atoms with Gasteiger partial charge in [-0.2, -0.15) is 0 Å². The van der Waals surface area contributed by atoms with Gasteiger partial charge in [-0.05, 0) is 50.6 Å². The normalized spacial score (nSPS) is 10.8. The van der Waals surface area contributed by atoms with Crippen LogP contribution in [-0.2, 0) is 11.4 Å². The summed E-state index contributed by atoms with van der Waals surface area (Å²) in [4.78, 5) is 29.9. The predicted molar refractivity (Wildman–Crippen MR) is 125 cm³/mol. The van der Waals surface area contributed by atoms with Gasteiger partial charge in [0, 0.05) is 17.1 Å². The summed E-state index contributed by atoms with van der Waals surface area (Å²) in [6.45, 7) is 5.77. The molecule has 0 radical (unpaired) electrons. The Morgan fingerprint density at radius 1 is 1.03 bits per heavy atom. The Morgan fingerprint density at radius 2 is 1.78 bits per heavy atom. The number of fused-ring (bicyclic) bond motifs is 1. The maximum Gasteiger partial charge on any atom is 0.262 e. The fraction of sp³-hybridized carbons (Fsp3) is 0.208. The van der Waals surface area contributed by atoms with Crippen LogP contribution in [0.1, 0.15) is 22.5 Å². The van der Waals surface area contributed by atoms with Crippen LogP contribution in [0.4, 0.5) is 5.69 Å². The van der Waals surface area contributed by atoms with Crippen LogP contribution in [0.25, 0.3) is 4.96 Å². The monoisotopic (exact) mass is 449 g/mol. The molecule has 164 valence electrons. The number of hydrogen-bond acceptors (Lipinski definition) is 6. The Balaban J connectivity index is 1.44. The van der Waals surface area contributed by atoms with Crippen molar-refractivity contribution in [2.75, 3.05) is 11.9 Å². The minimum Gasteiger partial charge on any atom is -0.485 e. The number of nitrogens with one attached hydrogen (secondary N) is 1. The summed E-state index contributed by atoms with van der Waals surface area (Å²) in [6.07, 6.45) is 0. The number of benzene rings is 2. The molecule has 0 atom stereocenters. The van der Waals surface area contributed by atoms with Crippen LogP contribution in [0.2, 0.25) is 0 Å². The number of thiazole rings is 1. The molecule has 8 heteroatoms. The lowest BCUT2D eigenvalue weighted by Gasteiger charge is -2.14. The van der Waals surface area contributed by atoms with E-state index in [0.717, 1.165) is 16.8 Å². The molecule has 0 aliphatic heterocycles. The highest BCUT2D eigenvalue weighted by atomic mass is 32.1. The summed E-state index contributed by atoms with van der Waals surface area (Å²) in [6, 6.07) is 14.5. The van der Waals surface area contributed by atoms with Gasteiger partial charge >= 0.3 is 0 Å². The first-order valence-electron chi connectivity index (χ1n) is 10.1. The number of aromatic nitrogens is 2. The molecule has 1 amide bonds. The lowest BCUT2D eigenvalue weighted by Crippen LogP contribution is -2.21. The summed E-state index contributed by atoms with van der Waals surface area (Å²) in [5, 5.41) is 4.73. The van der Waals surface area contributed by atoms with Gasteiger partial charge in [0.1, 0.15) is 18.1 Å². The van der Waals surface area contributed by atoms with Gasteiger partial charge in [-0.1, -0.05) is 23.8 Å². The predicted octanol–water partition coefficient (Wildman–Crippen LogP) is 4.28. The zero-order chi connectivity index (χ0) is 22.7. The van der Waals surface area contributed by atoms with Crippen molar-refractivity contribution in [3.63, 3.8) is 0 Å². The summed E-state index contributed by atoms with van der Waals surface area (Å²) in [5.74, 6) is 0.819. The number of rotatable bonds is 7. The first-order chi connectivity index (χ1) is 15.4. The molecule has 2 heterocycles. The van der Waals surface area contributed by atoms with Crippen molar-refractivity contribution in [1.29, 1.82) is 0 Å². The quantitative estimate of drug-likeness (QED) is 0.455. The number of nitrogens with zero attached hydrogens (tertiary/aromatic N) is 2. The maximum atomic E-state index is 12.4. The highest BCUT2D eigenvalue weighted by Gasteiger charge is 2.12. The zero-order valence-electron chi connectivity index (χ0n) is 18.0. The Labute approximate surface area is 189 Å².